The normalized spacial score (nSPS) is 21.2. The summed E-state index contributed by atoms with van der Waals surface area (Å²) in [6, 6.07) is -0.221. The Bertz CT molecular complexity index is 837. The highest BCUT2D eigenvalue weighted by Crippen LogP contribution is 2.21. The van der Waals surface area contributed by atoms with Gasteiger partial charge in [-0.15, -0.1) is 0 Å². The third-order valence-corrected chi connectivity index (χ3v) is 6.06. The Morgan fingerprint density at radius 1 is 1.09 bits per heavy atom. The van der Waals surface area contributed by atoms with Gasteiger partial charge in [-0.05, 0) is 45.6 Å². The molecule has 1 unspecified atom stereocenters. The fourth-order valence-electron chi connectivity index (χ4n) is 4.49. The van der Waals surface area contributed by atoms with Gasteiger partial charge in [0.2, 0.25) is 5.91 Å². The van der Waals surface area contributed by atoms with Crippen molar-refractivity contribution in [1.82, 2.24) is 15.5 Å². The molecular weight excluding hydrogens is 408 g/mol. The molecule has 174 valence electrons. The zero-order valence-corrected chi connectivity index (χ0v) is 19.1. The van der Waals surface area contributed by atoms with Gasteiger partial charge in [0.25, 0.3) is 5.91 Å². The molecule has 3 aliphatic rings. The van der Waals surface area contributed by atoms with E-state index in [0.717, 1.165) is 25.7 Å². The number of carbonyl (C=O) groups is 4. The van der Waals surface area contributed by atoms with Crippen molar-refractivity contribution in [3.63, 3.8) is 0 Å². The molecule has 32 heavy (non-hydrogen) atoms. The Morgan fingerprint density at radius 2 is 1.84 bits per heavy atom. The molecule has 2 aliphatic carbocycles. The topological polar surface area (TPSA) is 98.6 Å². The summed E-state index contributed by atoms with van der Waals surface area (Å²) in [7, 11) is 0. The van der Waals surface area contributed by atoms with Crippen LogP contribution in [0.3, 0.4) is 0 Å². The first-order chi connectivity index (χ1) is 15.4. The van der Waals surface area contributed by atoms with Gasteiger partial charge in [0.1, 0.15) is 11.6 Å². The van der Waals surface area contributed by atoms with E-state index in [9.17, 15) is 19.2 Å². The summed E-state index contributed by atoms with van der Waals surface area (Å²) in [6.45, 7) is 3.94. The molecule has 8 heteroatoms. The number of rotatable bonds is 9. The number of hydrogen-bond acceptors (Lipinski definition) is 4. The van der Waals surface area contributed by atoms with Crippen LogP contribution in [0.2, 0.25) is 0 Å². The SMILES string of the molecule is CC(C)NC(=O)CCCCN1C(=O)C2C=CC=CC2=[N+](CC(=O)NC2CCCCC2)C1=O. The average Bonchev–Trinajstić information content (AvgIpc) is 2.76. The molecule has 1 atom stereocenters. The van der Waals surface area contributed by atoms with Crippen molar-refractivity contribution in [1.29, 1.82) is 0 Å². The summed E-state index contributed by atoms with van der Waals surface area (Å²) >= 11 is 0. The van der Waals surface area contributed by atoms with E-state index in [-0.39, 0.29) is 42.9 Å². The van der Waals surface area contributed by atoms with Crippen LogP contribution < -0.4 is 10.6 Å². The van der Waals surface area contributed by atoms with E-state index in [0.29, 0.717) is 25.0 Å². The molecule has 5 amide bonds. The zero-order valence-electron chi connectivity index (χ0n) is 19.1. The number of imide groups is 1. The third-order valence-electron chi connectivity index (χ3n) is 6.06. The average molecular weight is 444 g/mol. The maximum Gasteiger partial charge on any atom is 0.501 e. The predicted octanol–water partition coefficient (Wildman–Crippen LogP) is 2.29. The van der Waals surface area contributed by atoms with Crippen LogP contribution in [0.4, 0.5) is 4.79 Å². The molecule has 1 saturated carbocycles. The molecular formula is C24H35N4O4+. The number of amides is 5. The second-order valence-electron chi connectivity index (χ2n) is 9.09. The highest BCUT2D eigenvalue weighted by Gasteiger charge is 2.46. The number of hydrogen-bond donors (Lipinski definition) is 2. The van der Waals surface area contributed by atoms with Crippen molar-refractivity contribution in [3.8, 4) is 0 Å². The molecule has 0 radical (unpaired) electrons. The van der Waals surface area contributed by atoms with Crippen LogP contribution in [0.1, 0.15) is 65.2 Å². The zero-order chi connectivity index (χ0) is 23.1. The van der Waals surface area contributed by atoms with Gasteiger partial charge in [0.15, 0.2) is 6.54 Å². The lowest BCUT2D eigenvalue weighted by molar-refractivity contribution is -0.428. The summed E-state index contributed by atoms with van der Waals surface area (Å²) in [5.74, 6) is -1.07. The lowest BCUT2D eigenvalue weighted by Crippen LogP contribution is -2.56. The molecule has 3 rings (SSSR count). The molecule has 0 spiro atoms. The van der Waals surface area contributed by atoms with Gasteiger partial charge in [-0.1, -0.05) is 37.5 Å². The Balaban J connectivity index is 1.64. The molecule has 0 bridgehead atoms. The van der Waals surface area contributed by atoms with E-state index >= 15 is 0 Å². The minimum atomic E-state index is -0.565. The van der Waals surface area contributed by atoms with E-state index in [1.165, 1.54) is 15.9 Å². The van der Waals surface area contributed by atoms with Gasteiger partial charge in [0.05, 0.1) is 6.54 Å². The smallest absolute Gasteiger partial charge is 0.354 e. The Kier molecular flexibility index (Phi) is 8.36. The molecule has 1 heterocycles. The lowest BCUT2D eigenvalue weighted by atomic mass is 9.94. The number of urea groups is 1. The van der Waals surface area contributed by atoms with E-state index in [1.807, 2.05) is 13.8 Å². The van der Waals surface area contributed by atoms with Crippen molar-refractivity contribution >= 4 is 29.5 Å². The first-order valence-corrected chi connectivity index (χ1v) is 11.8. The number of unbranched alkanes of at least 4 members (excludes halogenated alkanes) is 1. The van der Waals surface area contributed by atoms with Crippen LogP contribution in [0, 0.1) is 5.92 Å². The van der Waals surface area contributed by atoms with Crippen LogP contribution in [0.15, 0.2) is 24.3 Å². The van der Waals surface area contributed by atoms with E-state index in [1.54, 1.807) is 24.3 Å². The highest BCUT2D eigenvalue weighted by molar-refractivity contribution is 6.16. The molecule has 0 aromatic heterocycles. The Hall–Kier alpha value is -2.77. The van der Waals surface area contributed by atoms with Gasteiger partial charge in [-0.2, -0.15) is 14.3 Å². The Labute approximate surface area is 189 Å². The number of fused-ring (bicyclic) bond motifs is 1. The van der Waals surface area contributed by atoms with Gasteiger partial charge in [0, 0.05) is 18.5 Å². The summed E-state index contributed by atoms with van der Waals surface area (Å²) in [6.07, 6.45) is 13.9. The second kappa shape index (κ2) is 11.2. The second-order valence-corrected chi connectivity index (χ2v) is 9.09. The summed E-state index contributed by atoms with van der Waals surface area (Å²) in [4.78, 5) is 51.9. The third kappa shape index (κ3) is 6.14. The fourth-order valence-corrected chi connectivity index (χ4v) is 4.49. The molecule has 1 aliphatic heterocycles. The Morgan fingerprint density at radius 3 is 2.56 bits per heavy atom. The quantitative estimate of drug-likeness (QED) is 0.422. The first kappa shape index (κ1) is 23.9. The minimum Gasteiger partial charge on any atom is -0.354 e. The van der Waals surface area contributed by atoms with E-state index in [2.05, 4.69) is 10.6 Å². The lowest BCUT2D eigenvalue weighted by Gasteiger charge is -2.27. The fraction of sp³-hybridized carbons (Fsp3) is 0.625. The molecule has 1 fully saturated rings. The molecule has 8 nitrogen and oxygen atoms in total. The van der Waals surface area contributed by atoms with Crippen LogP contribution >= 0.6 is 0 Å². The summed E-state index contributed by atoms with van der Waals surface area (Å²) in [5.41, 5.74) is 0.550. The van der Waals surface area contributed by atoms with Crippen molar-refractivity contribution in [2.45, 2.75) is 77.3 Å². The first-order valence-electron chi connectivity index (χ1n) is 11.8. The van der Waals surface area contributed by atoms with Gasteiger partial charge >= 0.3 is 11.9 Å². The molecule has 0 aromatic rings. The van der Waals surface area contributed by atoms with Crippen molar-refractivity contribution < 1.29 is 23.8 Å². The number of nitrogens with zero attached hydrogens (tertiary/aromatic N) is 2. The van der Waals surface area contributed by atoms with Crippen LogP contribution in [-0.2, 0) is 14.4 Å². The number of allylic oxidation sites excluding steroid dienone is 3. The van der Waals surface area contributed by atoms with Gasteiger partial charge in [-0.3, -0.25) is 9.59 Å². The summed E-state index contributed by atoms with van der Waals surface area (Å²) < 4.78 is 1.43. The van der Waals surface area contributed by atoms with Crippen LogP contribution in [0.5, 0.6) is 0 Å². The molecule has 2 N–H and O–H groups in total. The maximum absolute atomic E-state index is 13.2. The van der Waals surface area contributed by atoms with Crippen molar-refractivity contribution in [3.05, 3.63) is 24.3 Å². The van der Waals surface area contributed by atoms with E-state index in [4.69, 9.17) is 0 Å². The largest absolute Gasteiger partial charge is 0.501 e. The number of nitrogens with one attached hydrogen (secondary N) is 2. The maximum atomic E-state index is 13.2. The number of carbonyl (C=O) groups excluding carboxylic acids is 4. The van der Waals surface area contributed by atoms with Crippen LogP contribution in [-0.4, -0.2) is 64.1 Å². The monoisotopic (exact) mass is 443 g/mol. The minimum absolute atomic E-state index is 0.0340. The van der Waals surface area contributed by atoms with Crippen molar-refractivity contribution in [2.24, 2.45) is 5.92 Å². The van der Waals surface area contributed by atoms with Gasteiger partial charge < -0.3 is 10.6 Å². The van der Waals surface area contributed by atoms with Crippen LogP contribution in [0.25, 0.3) is 0 Å². The molecule has 0 saturated heterocycles. The van der Waals surface area contributed by atoms with Crippen molar-refractivity contribution in [2.75, 3.05) is 13.1 Å². The highest BCUT2D eigenvalue weighted by atomic mass is 16.2. The van der Waals surface area contributed by atoms with E-state index < -0.39 is 11.9 Å². The predicted molar refractivity (Wildman–Crippen MR) is 121 cm³/mol. The molecule has 0 aromatic carbocycles. The standard InChI is InChI=1S/C24H34N4O4/c1-17(2)25-21(29)14-8-9-15-27-23(31)19-12-6-7-13-20(19)28(24(27)32)16-22(30)26-18-10-4-3-5-11-18/h6-7,12-13,17-19H,3-5,8-11,14-16H2,1-2H3,(H-,25,26,29,30)/p+1. The summed E-state index contributed by atoms with van der Waals surface area (Å²) in [5, 5.41) is 5.89. The van der Waals surface area contributed by atoms with Gasteiger partial charge in [-0.25, -0.2) is 4.79 Å².